The van der Waals surface area contributed by atoms with Crippen LogP contribution in [0.4, 0.5) is 8.78 Å². The average molecular weight is 350 g/mol. The summed E-state index contributed by atoms with van der Waals surface area (Å²) < 4.78 is 26.7. The molecule has 1 amide bonds. The van der Waals surface area contributed by atoms with Crippen LogP contribution in [0.1, 0.15) is 28.2 Å². The number of amides is 1. The molecule has 1 atom stereocenters. The maximum Gasteiger partial charge on any atom is 0.263 e. The van der Waals surface area contributed by atoms with Gasteiger partial charge in [-0.1, -0.05) is 12.1 Å². The van der Waals surface area contributed by atoms with Gasteiger partial charge in [-0.3, -0.25) is 4.79 Å². The van der Waals surface area contributed by atoms with Crippen LogP contribution in [0.25, 0.3) is 9.88 Å². The number of carbonyl (C=O) groups is 1. The highest BCUT2D eigenvalue weighted by Gasteiger charge is 2.17. The molecule has 0 bridgehead atoms. The summed E-state index contributed by atoms with van der Waals surface area (Å²) in [6, 6.07) is 6.58. The highest BCUT2D eigenvalue weighted by atomic mass is 32.1. The van der Waals surface area contributed by atoms with Crippen molar-refractivity contribution in [3.05, 3.63) is 64.0 Å². The number of halogens is 2. The van der Waals surface area contributed by atoms with Gasteiger partial charge in [0.25, 0.3) is 5.91 Å². The van der Waals surface area contributed by atoms with Gasteiger partial charge in [0.05, 0.1) is 17.1 Å². The minimum Gasteiger partial charge on any atom is -0.345 e. The first-order valence-corrected chi connectivity index (χ1v) is 8.49. The largest absolute Gasteiger partial charge is 0.345 e. The standard InChI is InChI=1S/C16H12F2N2OS2/c1-9(11-5-4-10(17)7-12(11)18)20-15(21)14-8-19-16(23-14)13-3-2-6-22-13/h2-9H,1H3,(H,20,21). The van der Waals surface area contributed by atoms with E-state index in [1.807, 2.05) is 17.5 Å². The van der Waals surface area contributed by atoms with E-state index < -0.39 is 17.7 Å². The first-order valence-electron chi connectivity index (χ1n) is 6.80. The third-order valence-electron chi connectivity index (χ3n) is 3.24. The van der Waals surface area contributed by atoms with Crippen molar-refractivity contribution >= 4 is 28.6 Å². The zero-order valence-electron chi connectivity index (χ0n) is 12.0. The second-order valence-corrected chi connectivity index (χ2v) is 6.85. The van der Waals surface area contributed by atoms with Gasteiger partial charge in [0, 0.05) is 11.6 Å². The Bertz CT molecular complexity index is 830. The van der Waals surface area contributed by atoms with Gasteiger partial charge in [0.2, 0.25) is 0 Å². The van der Waals surface area contributed by atoms with Crippen LogP contribution in [0.3, 0.4) is 0 Å². The molecule has 3 nitrogen and oxygen atoms in total. The molecule has 23 heavy (non-hydrogen) atoms. The number of aromatic nitrogens is 1. The van der Waals surface area contributed by atoms with E-state index in [2.05, 4.69) is 10.3 Å². The molecule has 2 aromatic heterocycles. The zero-order valence-corrected chi connectivity index (χ0v) is 13.7. The number of hydrogen-bond acceptors (Lipinski definition) is 4. The molecule has 1 aromatic carbocycles. The van der Waals surface area contributed by atoms with Gasteiger partial charge in [-0.15, -0.1) is 22.7 Å². The third-order valence-corrected chi connectivity index (χ3v) is 5.27. The van der Waals surface area contributed by atoms with Crippen molar-refractivity contribution < 1.29 is 13.6 Å². The fourth-order valence-electron chi connectivity index (χ4n) is 2.09. The molecule has 0 saturated carbocycles. The van der Waals surface area contributed by atoms with Crippen molar-refractivity contribution in [3.63, 3.8) is 0 Å². The Morgan fingerprint density at radius 1 is 1.30 bits per heavy atom. The number of carbonyl (C=O) groups excluding carboxylic acids is 1. The second kappa shape index (κ2) is 6.55. The molecule has 7 heteroatoms. The minimum atomic E-state index is -0.679. The lowest BCUT2D eigenvalue weighted by atomic mass is 10.1. The monoisotopic (exact) mass is 350 g/mol. The summed E-state index contributed by atoms with van der Waals surface area (Å²) in [5.74, 6) is -1.66. The summed E-state index contributed by atoms with van der Waals surface area (Å²) >= 11 is 2.82. The van der Waals surface area contributed by atoms with Crippen LogP contribution in [0.2, 0.25) is 0 Å². The van der Waals surface area contributed by atoms with E-state index in [1.54, 1.807) is 18.3 Å². The van der Waals surface area contributed by atoms with Crippen LogP contribution in [-0.2, 0) is 0 Å². The highest BCUT2D eigenvalue weighted by molar-refractivity contribution is 7.21. The molecule has 0 aliphatic rings. The number of thiophene rings is 1. The molecule has 0 saturated heterocycles. The van der Waals surface area contributed by atoms with Crippen LogP contribution >= 0.6 is 22.7 Å². The van der Waals surface area contributed by atoms with E-state index in [0.717, 1.165) is 16.0 Å². The van der Waals surface area contributed by atoms with Gasteiger partial charge >= 0.3 is 0 Å². The molecule has 0 aliphatic carbocycles. The van der Waals surface area contributed by atoms with E-state index >= 15 is 0 Å². The fraction of sp³-hybridized carbons (Fsp3) is 0.125. The number of hydrogen-bond donors (Lipinski definition) is 1. The first kappa shape index (κ1) is 15.8. The number of thiazole rings is 1. The van der Waals surface area contributed by atoms with Gasteiger partial charge < -0.3 is 5.32 Å². The van der Waals surface area contributed by atoms with E-state index in [-0.39, 0.29) is 11.5 Å². The Morgan fingerprint density at radius 3 is 2.83 bits per heavy atom. The quantitative estimate of drug-likeness (QED) is 0.745. The third kappa shape index (κ3) is 3.46. The number of nitrogens with one attached hydrogen (secondary N) is 1. The number of benzene rings is 1. The lowest BCUT2D eigenvalue weighted by Gasteiger charge is -2.14. The van der Waals surface area contributed by atoms with E-state index in [1.165, 1.54) is 29.7 Å². The van der Waals surface area contributed by atoms with Gasteiger partial charge in [-0.2, -0.15) is 0 Å². The second-order valence-electron chi connectivity index (χ2n) is 4.87. The van der Waals surface area contributed by atoms with Crippen LogP contribution < -0.4 is 5.32 Å². The highest BCUT2D eigenvalue weighted by Crippen LogP contribution is 2.29. The fourth-order valence-corrected chi connectivity index (χ4v) is 3.71. The molecular formula is C16H12F2N2OS2. The van der Waals surface area contributed by atoms with E-state index in [0.29, 0.717) is 4.88 Å². The van der Waals surface area contributed by atoms with E-state index in [9.17, 15) is 13.6 Å². The minimum absolute atomic E-state index is 0.239. The SMILES string of the molecule is CC(NC(=O)c1cnc(-c2cccs2)s1)c1ccc(F)cc1F. The molecule has 2 heterocycles. The smallest absolute Gasteiger partial charge is 0.263 e. The molecule has 1 N–H and O–H groups in total. The summed E-state index contributed by atoms with van der Waals surface area (Å²) in [4.78, 5) is 17.9. The van der Waals surface area contributed by atoms with Crippen LogP contribution in [0.15, 0.2) is 41.9 Å². The van der Waals surface area contributed by atoms with Crippen LogP contribution in [-0.4, -0.2) is 10.9 Å². The van der Waals surface area contributed by atoms with Crippen molar-refractivity contribution in [2.75, 3.05) is 0 Å². The summed E-state index contributed by atoms with van der Waals surface area (Å²) in [5.41, 5.74) is 0.239. The maximum atomic E-state index is 13.7. The molecule has 1 unspecified atom stereocenters. The van der Waals surface area contributed by atoms with Crippen LogP contribution in [0, 0.1) is 11.6 Å². The van der Waals surface area contributed by atoms with Gasteiger partial charge in [0.15, 0.2) is 0 Å². The van der Waals surface area contributed by atoms with E-state index in [4.69, 9.17) is 0 Å². The van der Waals surface area contributed by atoms with Crippen LogP contribution in [0.5, 0.6) is 0 Å². The Labute approximate surface area is 139 Å². The number of nitrogens with zero attached hydrogens (tertiary/aromatic N) is 1. The molecule has 0 spiro atoms. The molecule has 0 fully saturated rings. The summed E-state index contributed by atoms with van der Waals surface area (Å²) in [6.07, 6.45) is 1.50. The Hall–Kier alpha value is -2.12. The molecule has 3 aromatic rings. The first-order chi connectivity index (χ1) is 11.0. The number of rotatable bonds is 4. The predicted molar refractivity (Wildman–Crippen MR) is 87.7 cm³/mol. The maximum absolute atomic E-state index is 13.7. The molecule has 3 rings (SSSR count). The molecule has 0 aliphatic heterocycles. The van der Waals surface area contributed by atoms with Crippen molar-refractivity contribution in [3.8, 4) is 9.88 Å². The average Bonchev–Trinajstić information content (AvgIpc) is 3.18. The van der Waals surface area contributed by atoms with Gasteiger partial charge in [-0.05, 0) is 24.4 Å². The zero-order chi connectivity index (χ0) is 16.4. The van der Waals surface area contributed by atoms with Crippen molar-refractivity contribution in [2.45, 2.75) is 13.0 Å². The Balaban J connectivity index is 1.74. The lowest BCUT2D eigenvalue weighted by molar-refractivity contribution is 0.0943. The van der Waals surface area contributed by atoms with Crippen molar-refractivity contribution in [1.82, 2.24) is 10.3 Å². The van der Waals surface area contributed by atoms with Gasteiger partial charge in [0.1, 0.15) is 21.5 Å². The molecular weight excluding hydrogens is 338 g/mol. The predicted octanol–water partition coefficient (Wildman–Crippen LogP) is 4.64. The molecule has 118 valence electrons. The van der Waals surface area contributed by atoms with Gasteiger partial charge in [-0.25, -0.2) is 13.8 Å². The summed E-state index contributed by atoms with van der Waals surface area (Å²) in [5, 5.41) is 5.41. The summed E-state index contributed by atoms with van der Waals surface area (Å²) in [6.45, 7) is 1.65. The lowest BCUT2D eigenvalue weighted by Crippen LogP contribution is -2.26. The Kier molecular flexibility index (Phi) is 4.49. The Morgan fingerprint density at radius 2 is 2.13 bits per heavy atom. The molecule has 0 radical (unpaired) electrons. The van der Waals surface area contributed by atoms with Crippen molar-refractivity contribution in [1.29, 1.82) is 0 Å². The normalized spacial score (nSPS) is 12.1. The topological polar surface area (TPSA) is 42.0 Å². The summed E-state index contributed by atoms with van der Waals surface area (Å²) in [7, 11) is 0. The van der Waals surface area contributed by atoms with Crippen molar-refractivity contribution in [2.24, 2.45) is 0 Å².